The van der Waals surface area contributed by atoms with Crippen LogP contribution in [0.15, 0.2) is 0 Å². The lowest BCUT2D eigenvalue weighted by molar-refractivity contribution is -0.150. The van der Waals surface area contributed by atoms with E-state index >= 15 is 0 Å². The van der Waals surface area contributed by atoms with Gasteiger partial charge in [0.2, 0.25) is 5.91 Å². The SMILES string of the molecule is CN(C(=O)C1C2CC3CC(C2)CC1C3)C(C1CC1)C1CC1. The first-order valence-corrected chi connectivity index (χ1v) is 9.47. The lowest BCUT2D eigenvalue weighted by atomic mass is 9.51. The third kappa shape index (κ3) is 2.08. The molecule has 0 unspecified atom stereocenters. The molecule has 116 valence electrons. The van der Waals surface area contributed by atoms with E-state index in [0.717, 1.165) is 35.5 Å². The summed E-state index contributed by atoms with van der Waals surface area (Å²) in [5.74, 6) is 6.10. The van der Waals surface area contributed by atoms with Crippen LogP contribution in [0.25, 0.3) is 0 Å². The molecule has 6 aliphatic rings. The lowest BCUT2D eigenvalue weighted by Crippen LogP contribution is -2.53. The van der Waals surface area contributed by atoms with E-state index < -0.39 is 0 Å². The van der Waals surface area contributed by atoms with Crippen LogP contribution in [0.5, 0.6) is 0 Å². The Bertz CT molecular complexity index is 410. The summed E-state index contributed by atoms with van der Waals surface area (Å²) < 4.78 is 0. The highest BCUT2D eigenvalue weighted by Crippen LogP contribution is 2.57. The molecule has 0 aromatic carbocycles. The van der Waals surface area contributed by atoms with Crippen LogP contribution in [-0.2, 0) is 4.79 Å². The van der Waals surface area contributed by atoms with Gasteiger partial charge in [-0.2, -0.15) is 0 Å². The Morgan fingerprint density at radius 2 is 1.33 bits per heavy atom. The maximum absolute atomic E-state index is 13.3. The molecular weight excluding hydrogens is 258 g/mol. The van der Waals surface area contributed by atoms with Crippen LogP contribution >= 0.6 is 0 Å². The summed E-state index contributed by atoms with van der Waals surface area (Å²) in [6.07, 6.45) is 12.5. The number of amides is 1. The molecule has 0 aliphatic heterocycles. The van der Waals surface area contributed by atoms with Gasteiger partial charge in [-0.15, -0.1) is 0 Å². The molecule has 0 N–H and O–H groups in total. The van der Waals surface area contributed by atoms with E-state index in [1.807, 2.05) is 0 Å². The van der Waals surface area contributed by atoms with Gasteiger partial charge in [-0.1, -0.05) is 0 Å². The minimum Gasteiger partial charge on any atom is -0.342 e. The molecule has 4 bridgehead atoms. The van der Waals surface area contributed by atoms with E-state index in [1.165, 1.54) is 57.8 Å². The van der Waals surface area contributed by atoms with Gasteiger partial charge in [0.25, 0.3) is 0 Å². The van der Waals surface area contributed by atoms with Crippen LogP contribution in [0.4, 0.5) is 0 Å². The van der Waals surface area contributed by atoms with Crippen LogP contribution in [0, 0.1) is 41.4 Å². The Labute approximate surface area is 128 Å². The van der Waals surface area contributed by atoms with Crippen LogP contribution < -0.4 is 0 Å². The van der Waals surface area contributed by atoms with Gasteiger partial charge in [0.05, 0.1) is 0 Å². The van der Waals surface area contributed by atoms with Crippen molar-refractivity contribution in [1.29, 1.82) is 0 Å². The predicted molar refractivity (Wildman–Crippen MR) is 82.5 cm³/mol. The Kier molecular flexibility index (Phi) is 2.77. The summed E-state index contributed by atoms with van der Waals surface area (Å²) in [7, 11) is 2.15. The van der Waals surface area contributed by atoms with Gasteiger partial charge in [-0.25, -0.2) is 0 Å². The van der Waals surface area contributed by atoms with Gasteiger partial charge in [0.1, 0.15) is 0 Å². The van der Waals surface area contributed by atoms with E-state index in [4.69, 9.17) is 0 Å². The van der Waals surface area contributed by atoms with Crippen molar-refractivity contribution in [3.05, 3.63) is 0 Å². The first-order chi connectivity index (χ1) is 10.2. The molecule has 6 aliphatic carbocycles. The quantitative estimate of drug-likeness (QED) is 0.772. The molecule has 2 nitrogen and oxygen atoms in total. The van der Waals surface area contributed by atoms with Crippen molar-refractivity contribution >= 4 is 5.91 Å². The maximum atomic E-state index is 13.3. The van der Waals surface area contributed by atoms with Gasteiger partial charge < -0.3 is 4.90 Å². The van der Waals surface area contributed by atoms with Crippen molar-refractivity contribution < 1.29 is 4.79 Å². The Morgan fingerprint density at radius 1 is 0.857 bits per heavy atom. The molecule has 0 aromatic rings. The van der Waals surface area contributed by atoms with E-state index in [0.29, 0.717) is 17.9 Å². The second-order valence-electron chi connectivity index (χ2n) is 9.07. The number of hydrogen-bond donors (Lipinski definition) is 0. The summed E-state index contributed by atoms with van der Waals surface area (Å²) in [4.78, 5) is 15.5. The maximum Gasteiger partial charge on any atom is 0.226 e. The highest BCUT2D eigenvalue weighted by Gasteiger charge is 2.53. The molecule has 0 aromatic heterocycles. The highest BCUT2D eigenvalue weighted by molar-refractivity contribution is 5.80. The molecule has 0 radical (unpaired) electrons. The van der Waals surface area contributed by atoms with Crippen LogP contribution in [0.1, 0.15) is 57.8 Å². The molecule has 1 amide bonds. The summed E-state index contributed by atoms with van der Waals surface area (Å²) in [5, 5.41) is 0. The summed E-state index contributed by atoms with van der Waals surface area (Å²) in [5.41, 5.74) is 0. The Balaban J connectivity index is 1.35. The minimum absolute atomic E-state index is 0.405. The van der Waals surface area contributed by atoms with Crippen molar-refractivity contribution in [3.63, 3.8) is 0 Å². The third-order valence-corrected chi connectivity index (χ3v) is 7.52. The molecule has 0 saturated heterocycles. The van der Waals surface area contributed by atoms with Gasteiger partial charge in [0, 0.05) is 19.0 Å². The van der Waals surface area contributed by atoms with E-state index in [1.54, 1.807) is 0 Å². The fraction of sp³-hybridized carbons (Fsp3) is 0.947. The van der Waals surface area contributed by atoms with Gasteiger partial charge in [-0.05, 0) is 93.3 Å². The second-order valence-corrected chi connectivity index (χ2v) is 9.07. The van der Waals surface area contributed by atoms with Crippen LogP contribution in [0.2, 0.25) is 0 Å². The van der Waals surface area contributed by atoms with Crippen molar-refractivity contribution in [2.24, 2.45) is 41.4 Å². The third-order valence-electron chi connectivity index (χ3n) is 7.52. The Morgan fingerprint density at radius 3 is 1.76 bits per heavy atom. The summed E-state index contributed by atoms with van der Waals surface area (Å²) in [6.45, 7) is 0. The van der Waals surface area contributed by atoms with E-state index in [9.17, 15) is 4.79 Å². The predicted octanol–water partition coefficient (Wildman–Crippen LogP) is 3.71. The lowest BCUT2D eigenvalue weighted by Gasteiger charge is -2.54. The second kappa shape index (κ2) is 4.49. The van der Waals surface area contributed by atoms with Crippen molar-refractivity contribution in [1.82, 2.24) is 4.90 Å². The van der Waals surface area contributed by atoms with Crippen molar-refractivity contribution in [2.45, 2.75) is 63.8 Å². The molecule has 6 rings (SSSR count). The normalized spacial score (nSPS) is 44.4. The molecular formula is C19H29NO. The average Bonchev–Trinajstić information content (AvgIpc) is 3.32. The largest absolute Gasteiger partial charge is 0.342 e. The number of carbonyl (C=O) groups excluding carboxylic acids is 1. The highest BCUT2D eigenvalue weighted by atomic mass is 16.2. The average molecular weight is 287 g/mol. The Hall–Kier alpha value is -0.530. The topological polar surface area (TPSA) is 20.3 Å². The molecule has 0 spiro atoms. The molecule has 6 fully saturated rings. The first-order valence-electron chi connectivity index (χ1n) is 9.47. The molecule has 6 saturated carbocycles. The molecule has 2 heteroatoms. The molecule has 0 atom stereocenters. The zero-order valence-corrected chi connectivity index (χ0v) is 13.3. The van der Waals surface area contributed by atoms with Crippen molar-refractivity contribution in [2.75, 3.05) is 7.05 Å². The van der Waals surface area contributed by atoms with Gasteiger partial charge in [-0.3, -0.25) is 4.79 Å². The number of carbonyl (C=O) groups is 1. The van der Waals surface area contributed by atoms with E-state index in [2.05, 4.69) is 11.9 Å². The van der Waals surface area contributed by atoms with E-state index in [-0.39, 0.29) is 0 Å². The van der Waals surface area contributed by atoms with Crippen LogP contribution in [0.3, 0.4) is 0 Å². The fourth-order valence-electron chi connectivity index (χ4n) is 6.60. The summed E-state index contributed by atoms with van der Waals surface area (Å²) in [6, 6.07) is 0.606. The smallest absolute Gasteiger partial charge is 0.226 e. The standard InChI is InChI=1S/C19H29NO/c1-20(18(13-2-3-13)14-4-5-14)19(21)17-15-7-11-6-12(9-15)10-16(17)8-11/h11-18H,2-10H2,1H3. The monoisotopic (exact) mass is 287 g/mol. The minimum atomic E-state index is 0.405. The van der Waals surface area contributed by atoms with Crippen molar-refractivity contribution in [3.8, 4) is 0 Å². The molecule has 0 heterocycles. The zero-order valence-electron chi connectivity index (χ0n) is 13.3. The number of nitrogens with zero attached hydrogens (tertiary/aromatic N) is 1. The van der Waals surface area contributed by atoms with Gasteiger partial charge >= 0.3 is 0 Å². The first kappa shape index (κ1) is 13.0. The van der Waals surface area contributed by atoms with Crippen LogP contribution in [-0.4, -0.2) is 23.9 Å². The number of hydrogen-bond acceptors (Lipinski definition) is 1. The summed E-state index contributed by atoms with van der Waals surface area (Å²) >= 11 is 0. The van der Waals surface area contributed by atoms with Gasteiger partial charge in [0.15, 0.2) is 0 Å². The zero-order chi connectivity index (χ0) is 14.1. The fourth-order valence-corrected chi connectivity index (χ4v) is 6.60. The molecule has 21 heavy (non-hydrogen) atoms. The number of rotatable bonds is 4.